The van der Waals surface area contributed by atoms with E-state index < -0.39 is 23.7 Å². The first kappa shape index (κ1) is 16.1. The van der Waals surface area contributed by atoms with Crippen LogP contribution in [0.5, 0.6) is 0 Å². The molecule has 0 saturated carbocycles. The Morgan fingerprint density at radius 1 is 1.23 bits per heavy atom. The quantitative estimate of drug-likeness (QED) is 0.804. The number of nitrogens with zero attached hydrogens (tertiary/aromatic N) is 1. The molecule has 0 aromatic heterocycles. The van der Waals surface area contributed by atoms with Gasteiger partial charge >= 0.3 is 12.1 Å². The van der Waals surface area contributed by atoms with Crippen LogP contribution in [0.3, 0.4) is 0 Å². The van der Waals surface area contributed by atoms with Crippen molar-refractivity contribution in [2.24, 2.45) is 0 Å². The highest BCUT2D eigenvalue weighted by Gasteiger charge is 2.35. The minimum atomic E-state index is -0.650. The molecule has 22 heavy (non-hydrogen) atoms. The summed E-state index contributed by atoms with van der Waals surface area (Å²) in [5.41, 5.74) is 0.312. The maximum atomic E-state index is 12.1. The number of hydrogen-bond donors (Lipinski definition) is 0. The summed E-state index contributed by atoms with van der Waals surface area (Å²) in [5.74, 6) is -0.422. The zero-order chi connectivity index (χ0) is 16.2. The van der Waals surface area contributed by atoms with Crippen molar-refractivity contribution in [3.05, 3.63) is 48.2 Å². The normalized spacial score (nSPS) is 17.4. The number of carbonyl (C=O) groups is 2. The van der Waals surface area contributed by atoms with E-state index in [-0.39, 0.29) is 6.61 Å². The van der Waals surface area contributed by atoms with Crippen LogP contribution in [0.2, 0.25) is 0 Å². The van der Waals surface area contributed by atoms with Crippen molar-refractivity contribution in [3.63, 3.8) is 0 Å². The molecule has 1 aromatic carbocycles. The Morgan fingerprint density at radius 3 is 2.55 bits per heavy atom. The van der Waals surface area contributed by atoms with Gasteiger partial charge in [-0.15, -0.1) is 0 Å². The summed E-state index contributed by atoms with van der Waals surface area (Å²) in [6.07, 6.45) is 3.23. The first-order chi connectivity index (χ1) is 10.4. The Hall–Kier alpha value is -2.30. The van der Waals surface area contributed by atoms with E-state index in [1.54, 1.807) is 33.0 Å². The van der Waals surface area contributed by atoms with Gasteiger partial charge in [0, 0.05) is 6.20 Å². The van der Waals surface area contributed by atoms with E-state index in [4.69, 9.17) is 9.47 Å². The molecule has 118 valence electrons. The Balaban J connectivity index is 1.93. The average molecular weight is 303 g/mol. The number of ether oxygens (including phenoxy) is 2. The van der Waals surface area contributed by atoms with Crippen LogP contribution in [0.1, 0.15) is 32.8 Å². The van der Waals surface area contributed by atoms with Crippen molar-refractivity contribution in [3.8, 4) is 0 Å². The number of hydrogen-bond acceptors (Lipinski definition) is 4. The van der Waals surface area contributed by atoms with Gasteiger partial charge in [0.05, 0.1) is 0 Å². The zero-order valence-electron chi connectivity index (χ0n) is 13.1. The molecule has 5 nitrogen and oxygen atoms in total. The molecule has 1 aliphatic rings. The number of rotatable bonds is 3. The summed E-state index contributed by atoms with van der Waals surface area (Å²) in [6.45, 7) is 5.56. The highest BCUT2D eigenvalue weighted by molar-refractivity contribution is 5.83. The lowest BCUT2D eigenvalue weighted by Gasteiger charge is -2.26. The highest BCUT2D eigenvalue weighted by Crippen LogP contribution is 2.20. The standard InChI is InChI=1S/C17H21NO4/c1-17(2,3)22-15(19)14-10-7-11-18(14)16(20)21-12-13-8-5-4-6-9-13/h4-9,11,14H,10,12H2,1-3H3/t14-/m1/s1. The maximum Gasteiger partial charge on any atom is 0.414 e. The van der Waals surface area contributed by atoms with Crippen molar-refractivity contribution in [2.75, 3.05) is 0 Å². The van der Waals surface area contributed by atoms with Gasteiger partial charge in [0.2, 0.25) is 0 Å². The van der Waals surface area contributed by atoms with E-state index in [0.29, 0.717) is 6.42 Å². The highest BCUT2D eigenvalue weighted by atomic mass is 16.6. The van der Waals surface area contributed by atoms with E-state index in [0.717, 1.165) is 5.56 Å². The second kappa shape index (κ2) is 6.64. The molecule has 0 N–H and O–H groups in total. The Morgan fingerprint density at radius 2 is 1.91 bits per heavy atom. The minimum Gasteiger partial charge on any atom is -0.458 e. The molecular formula is C17H21NO4. The first-order valence-corrected chi connectivity index (χ1v) is 7.25. The predicted octanol–water partition coefficient (Wildman–Crippen LogP) is 3.25. The molecule has 0 saturated heterocycles. The molecule has 5 heteroatoms. The van der Waals surface area contributed by atoms with Crippen LogP contribution in [0.25, 0.3) is 0 Å². The molecule has 0 unspecified atom stereocenters. The molecule has 0 bridgehead atoms. The van der Waals surface area contributed by atoms with Crippen molar-refractivity contribution in [1.29, 1.82) is 0 Å². The third-order valence-electron chi connectivity index (χ3n) is 3.06. The van der Waals surface area contributed by atoms with Gasteiger partial charge in [-0.3, -0.25) is 4.90 Å². The van der Waals surface area contributed by atoms with Gasteiger partial charge in [-0.05, 0) is 32.8 Å². The molecule has 1 heterocycles. The van der Waals surface area contributed by atoms with Gasteiger partial charge in [-0.25, -0.2) is 9.59 Å². The average Bonchev–Trinajstić information content (AvgIpc) is 2.93. The van der Waals surface area contributed by atoms with Gasteiger partial charge in [0.1, 0.15) is 18.2 Å². The van der Waals surface area contributed by atoms with Gasteiger partial charge in [0.25, 0.3) is 0 Å². The lowest BCUT2D eigenvalue weighted by Crippen LogP contribution is -2.42. The minimum absolute atomic E-state index is 0.172. The smallest absolute Gasteiger partial charge is 0.414 e. The number of carbonyl (C=O) groups excluding carboxylic acids is 2. The Kier molecular flexibility index (Phi) is 4.85. The fourth-order valence-corrected chi connectivity index (χ4v) is 2.08. The van der Waals surface area contributed by atoms with Crippen LogP contribution in [0, 0.1) is 0 Å². The Bertz CT molecular complexity index is 560. The van der Waals surface area contributed by atoms with E-state index in [1.807, 2.05) is 30.3 Å². The molecule has 1 atom stereocenters. The molecular weight excluding hydrogens is 282 g/mol. The molecule has 1 aliphatic heterocycles. The van der Waals surface area contributed by atoms with E-state index >= 15 is 0 Å². The second-order valence-corrected chi connectivity index (χ2v) is 6.12. The lowest BCUT2D eigenvalue weighted by atomic mass is 10.1. The number of esters is 1. The van der Waals surface area contributed by atoms with E-state index in [1.165, 1.54) is 4.90 Å². The zero-order valence-corrected chi connectivity index (χ0v) is 13.1. The third kappa shape index (κ3) is 4.35. The topological polar surface area (TPSA) is 55.8 Å². The van der Waals surface area contributed by atoms with Crippen molar-refractivity contribution in [2.45, 2.75) is 45.4 Å². The third-order valence-corrected chi connectivity index (χ3v) is 3.06. The number of amides is 1. The van der Waals surface area contributed by atoms with Gasteiger partial charge in [-0.2, -0.15) is 0 Å². The van der Waals surface area contributed by atoms with Gasteiger partial charge in [-0.1, -0.05) is 36.4 Å². The predicted molar refractivity (Wildman–Crippen MR) is 81.9 cm³/mol. The van der Waals surface area contributed by atoms with Crippen molar-refractivity contribution < 1.29 is 19.1 Å². The number of benzene rings is 1. The first-order valence-electron chi connectivity index (χ1n) is 7.25. The molecule has 0 aliphatic carbocycles. The van der Waals surface area contributed by atoms with Crippen LogP contribution in [0.4, 0.5) is 4.79 Å². The summed E-state index contributed by atoms with van der Waals surface area (Å²) < 4.78 is 10.6. The summed E-state index contributed by atoms with van der Waals surface area (Å²) in [4.78, 5) is 25.6. The fraction of sp³-hybridized carbons (Fsp3) is 0.412. The fourth-order valence-electron chi connectivity index (χ4n) is 2.08. The summed E-state index contributed by atoms with van der Waals surface area (Å²) in [6, 6.07) is 8.75. The maximum absolute atomic E-state index is 12.1. The molecule has 1 amide bonds. The van der Waals surface area contributed by atoms with Crippen LogP contribution in [-0.2, 0) is 20.9 Å². The van der Waals surface area contributed by atoms with Crippen LogP contribution < -0.4 is 0 Å². The van der Waals surface area contributed by atoms with E-state index in [9.17, 15) is 9.59 Å². The van der Waals surface area contributed by atoms with Crippen molar-refractivity contribution >= 4 is 12.1 Å². The summed E-state index contributed by atoms with van der Waals surface area (Å²) in [5, 5.41) is 0. The van der Waals surface area contributed by atoms with Crippen LogP contribution >= 0.6 is 0 Å². The molecule has 2 rings (SSSR count). The largest absolute Gasteiger partial charge is 0.458 e. The summed E-state index contributed by atoms with van der Waals surface area (Å²) >= 11 is 0. The lowest BCUT2D eigenvalue weighted by molar-refractivity contribution is -0.159. The molecule has 0 radical (unpaired) electrons. The Labute approximate surface area is 130 Å². The SMILES string of the molecule is CC(C)(C)OC(=O)[C@H]1CC=CN1C(=O)OCc1ccccc1. The van der Waals surface area contributed by atoms with Crippen LogP contribution in [0.15, 0.2) is 42.6 Å². The molecule has 0 fully saturated rings. The van der Waals surface area contributed by atoms with Crippen LogP contribution in [-0.4, -0.2) is 28.6 Å². The molecule has 1 aromatic rings. The van der Waals surface area contributed by atoms with Crippen molar-refractivity contribution in [1.82, 2.24) is 4.90 Å². The summed E-state index contributed by atoms with van der Waals surface area (Å²) in [7, 11) is 0. The van der Waals surface area contributed by atoms with E-state index in [2.05, 4.69) is 0 Å². The van der Waals surface area contributed by atoms with Gasteiger partial charge < -0.3 is 9.47 Å². The van der Waals surface area contributed by atoms with Gasteiger partial charge in [0.15, 0.2) is 0 Å². The monoisotopic (exact) mass is 303 g/mol. The molecule has 0 spiro atoms. The second-order valence-electron chi connectivity index (χ2n) is 6.12.